The first-order valence-corrected chi connectivity index (χ1v) is 4.59. The summed E-state index contributed by atoms with van der Waals surface area (Å²) in [6.45, 7) is 6.43. The van der Waals surface area contributed by atoms with Crippen molar-refractivity contribution in [1.29, 1.82) is 0 Å². The van der Waals surface area contributed by atoms with E-state index in [2.05, 4.69) is 19.2 Å². The molecule has 0 saturated carbocycles. The molecule has 0 bridgehead atoms. The molecule has 0 aromatic carbocycles. The second-order valence-corrected chi connectivity index (χ2v) is 3.96. The van der Waals surface area contributed by atoms with Crippen LogP contribution in [0.3, 0.4) is 0 Å². The van der Waals surface area contributed by atoms with Crippen molar-refractivity contribution < 1.29 is 5.11 Å². The highest BCUT2D eigenvalue weighted by atomic mass is 16.3. The van der Waals surface area contributed by atoms with E-state index in [0.717, 1.165) is 31.8 Å². The minimum absolute atomic E-state index is 0.0568. The molecule has 0 aromatic heterocycles. The maximum absolute atomic E-state index is 9.58. The molecule has 1 rings (SSSR count). The Morgan fingerprint density at radius 3 is 2.36 bits per heavy atom. The highest BCUT2D eigenvalue weighted by Gasteiger charge is 2.24. The summed E-state index contributed by atoms with van der Waals surface area (Å²) < 4.78 is 0. The molecule has 1 aliphatic rings. The van der Waals surface area contributed by atoms with Gasteiger partial charge in [-0.05, 0) is 18.8 Å². The average molecular weight is 157 g/mol. The van der Waals surface area contributed by atoms with Crippen molar-refractivity contribution in [3.63, 3.8) is 0 Å². The molecule has 1 atom stereocenters. The predicted molar refractivity (Wildman–Crippen MR) is 46.4 cm³/mol. The fraction of sp³-hybridized carbons (Fsp3) is 1.00. The number of hydrogen-bond acceptors (Lipinski definition) is 2. The first-order valence-electron chi connectivity index (χ1n) is 4.59. The number of hydrogen-bond donors (Lipinski definition) is 2. The summed E-state index contributed by atoms with van der Waals surface area (Å²) in [5.41, 5.74) is 0. The molecular formula is C9H19NO. The summed E-state index contributed by atoms with van der Waals surface area (Å²) in [7, 11) is 0. The molecule has 2 nitrogen and oxygen atoms in total. The monoisotopic (exact) mass is 157 g/mol. The van der Waals surface area contributed by atoms with Gasteiger partial charge < -0.3 is 10.4 Å². The number of rotatable bonds is 4. The summed E-state index contributed by atoms with van der Waals surface area (Å²) in [6, 6.07) is 0. The fourth-order valence-corrected chi connectivity index (χ4v) is 1.32. The average Bonchev–Trinajstić information content (AvgIpc) is 1.79. The molecule has 0 aromatic rings. The van der Waals surface area contributed by atoms with Crippen LogP contribution in [0, 0.1) is 11.8 Å². The lowest BCUT2D eigenvalue weighted by atomic mass is 9.91. The molecule has 11 heavy (non-hydrogen) atoms. The molecule has 66 valence electrons. The maximum Gasteiger partial charge on any atom is 0.0592 e. The number of aliphatic hydroxyl groups excluding tert-OH is 1. The summed E-state index contributed by atoms with van der Waals surface area (Å²) in [6.07, 6.45) is 2.07. The van der Waals surface area contributed by atoms with Gasteiger partial charge in [0.15, 0.2) is 0 Å². The summed E-state index contributed by atoms with van der Waals surface area (Å²) in [5.74, 6) is 1.26. The van der Waals surface area contributed by atoms with E-state index in [-0.39, 0.29) is 6.10 Å². The van der Waals surface area contributed by atoms with Crippen molar-refractivity contribution in [1.82, 2.24) is 5.32 Å². The van der Waals surface area contributed by atoms with Gasteiger partial charge in [0.1, 0.15) is 0 Å². The van der Waals surface area contributed by atoms with Crippen molar-refractivity contribution in [3.05, 3.63) is 0 Å². The molecule has 1 saturated heterocycles. The lowest BCUT2D eigenvalue weighted by Gasteiger charge is -2.31. The van der Waals surface area contributed by atoms with Gasteiger partial charge in [0, 0.05) is 19.0 Å². The fourth-order valence-electron chi connectivity index (χ4n) is 1.32. The van der Waals surface area contributed by atoms with Crippen LogP contribution in [0.2, 0.25) is 0 Å². The minimum Gasteiger partial charge on any atom is -0.393 e. The third-order valence-electron chi connectivity index (χ3n) is 2.40. The van der Waals surface area contributed by atoms with E-state index in [1.54, 1.807) is 0 Å². The van der Waals surface area contributed by atoms with Gasteiger partial charge in [-0.2, -0.15) is 0 Å². The molecule has 0 amide bonds. The predicted octanol–water partition coefficient (Wildman–Crippen LogP) is 1.00. The Kier molecular flexibility index (Phi) is 3.34. The second kappa shape index (κ2) is 4.07. The van der Waals surface area contributed by atoms with Gasteiger partial charge in [0.25, 0.3) is 0 Å². The van der Waals surface area contributed by atoms with Gasteiger partial charge in [-0.1, -0.05) is 13.8 Å². The SMILES string of the molecule is CC(C)CCC(O)C1CNC1. The minimum atomic E-state index is -0.0568. The van der Waals surface area contributed by atoms with Gasteiger partial charge in [0.2, 0.25) is 0 Å². The van der Waals surface area contributed by atoms with Crippen LogP contribution < -0.4 is 5.32 Å². The van der Waals surface area contributed by atoms with Gasteiger partial charge in [0.05, 0.1) is 6.10 Å². The van der Waals surface area contributed by atoms with Crippen molar-refractivity contribution in [2.24, 2.45) is 11.8 Å². The largest absolute Gasteiger partial charge is 0.393 e. The van der Waals surface area contributed by atoms with Gasteiger partial charge in [-0.3, -0.25) is 0 Å². The van der Waals surface area contributed by atoms with Crippen LogP contribution in [0.1, 0.15) is 26.7 Å². The Bertz CT molecular complexity index is 110. The van der Waals surface area contributed by atoms with Crippen LogP contribution in [0.25, 0.3) is 0 Å². The standard InChI is InChI=1S/C9H19NO/c1-7(2)3-4-9(11)8-5-10-6-8/h7-11H,3-6H2,1-2H3. The lowest BCUT2D eigenvalue weighted by molar-refractivity contribution is 0.0650. The van der Waals surface area contributed by atoms with Crippen LogP contribution in [0.15, 0.2) is 0 Å². The topological polar surface area (TPSA) is 32.3 Å². The Morgan fingerprint density at radius 2 is 2.00 bits per heavy atom. The molecule has 1 heterocycles. The van der Waals surface area contributed by atoms with E-state index in [9.17, 15) is 5.11 Å². The molecule has 1 fully saturated rings. The molecule has 0 spiro atoms. The van der Waals surface area contributed by atoms with Gasteiger partial charge >= 0.3 is 0 Å². The zero-order chi connectivity index (χ0) is 8.27. The van der Waals surface area contributed by atoms with E-state index >= 15 is 0 Å². The Morgan fingerprint density at radius 1 is 1.36 bits per heavy atom. The Hall–Kier alpha value is -0.0800. The molecular weight excluding hydrogens is 138 g/mol. The molecule has 1 aliphatic heterocycles. The van der Waals surface area contributed by atoms with Crippen molar-refractivity contribution >= 4 is 0 Å². The number of aliphatic hydroxyl groups is 1. The first-order chi connectivity index (χ1) is 5.20. The molecule has 0 radical (unpaired) electrons. The summed E-state index contributed by atoms with van der Waals surface area (Å²) >= 11 is 0. The van der Waals surface area contributed by atoms with Crippen LogP contribution >= 0.6 is 0 Å². The molecule has 2 N–H and O–H groups in total. The third kappa shape index (κ3) is 2.80. The van der Waals surface area contributed by atoms with Crippen LogP contribution in [-0.4, -0.2) is 24.3 Å². The normalized spacial score (nSPS) is 21.8. The quantitative estimate of drug-likeness (QED) is 0.638. The van der Waals surface area contributed by atoms with Gasteiger partial charge in [-0.15, -0.1) is 0 Å². The summed E-state index contributed by atoms with van der Waals surface area (Å²) in [4.78, 5) is 0. The third-order valence-corrected chi connectivity index (χ3v) is 2.40. The highest BCUT2D eigenvalue weighted by molar-refractivity contribution is 4.81. The zero-order valence-electron chi connectivity index (χ0n) is 7.51. The Labute approximate surface area is 69.0 Å². The van der Waals surface area contributed by atoms with E-state index in [1.807, 2.05) is 0 Å². The molecule has 1 unspecified atom stereocenters. The molecule has 0 aliphatic carbocycles. The second-order valence-electron chi connectivity index (χ2n) is 3.96. The van der Waals surface area contributed by atoms with E-state index in [1.165, 1.54) is 0 Å². The lowest BCUT2D eigenvalue weighted by Crippen LogP contribution is -2.48. The van der Waals surface area contributed by atoms with Gasteiger partial charge in [-0.25, -0.2) is 0 Å². The van der Waals surface area contributed by atoms with Crippen LogP contribution in [-0.2, 0) is 0 Å². The smallest absolute Gasteiger partial charge is 0.0592 e. The Balaban J connectivity index is 2.05. The highest BCUT2D eigenvalue weighted by Crippen LogP contribution is 2.16. The van der Waals surface area contributed by atoms with E-state index < -0.39 is 0 Å². The van der Waals surface area contributed by atoms with E-state index in [4.69, 9.17) is 0 Å². The van der Waals surface area contributed by atoms with Crippen LogP contribution in [0.5, 0.6) is 0 Å². The maximum atomic E-state index is 9.58. The van der Waals surface area contributed by atoms with Crippen molar-refractivity contribution in [2.75, 3.05) is 13.1 Å². The van der Waals surface area contributed by atoms with Crippen LogP contribution in [0.4, 0.5) is 0 Å². The first kappa shape index (κ1) is 9.01. The zero-order valence-corrected chi connectivity index (χ0v) is 7.51. The summed E-state index contributed by atoms with van der Waals surface area (Å²) in [5, 5.41) is 12.7. The molecule has 2 heteroatoms. The van der Waals surface area contributed by atoms with Crippen molar-refractivity contribution in [3.8, 4) is 0 Å². The number of nitrogens with one attached hydrogen (secondary N) is 1. The van der Waals surface area contributed by atoms with Crippen molar-refractivity contribution in [2.45, 2.75) is 32.8 Å². The van der Waals surface area contributed by atoms with E-state index in [0.29, 0.717) is 5.92 Å².